The highest BCUT2D eigenvalue weighted by atomic mass is 32.2. The van der Waals surface area contributed by atoms with Crippen molar-refractivity contribution in [3.8, 4) is 5.75 Å². The van der Waals surface area contributed by atoms with E-state index in [9.17, 15) is 14.4 Å². The fourth-order valence-corrected chi connectivity index (χ4v) is 2.84. The molecule has 142 valence electrons. The van der Waals surface area contributed by atoms with Gasteiger partial charge in [-0.3, -0.25) is 14.4 Å². The van der Waals surface area contributed by atoms with Crippen molar-refractivity contribution in [2.75, 3.05) is 18.2 Å². The van der Waals surface area contributed by atoms with Crippen molar-refractivity contribution >= 4 is 35.1 Å². The predicted octanol–water partition coefficient (Wildman–Crippen LogP) is 3.56. The molecule has 0 bridgehead atoms. The maximum absolute atomic E-state index is 12.2. The molecule has 0 aromatic heterocycles. The first kappa shape index (κ1) is 20.5. The van der Waals surface area contributed by atoms with Gasteiger partial charge in [0, 0.05) is 16.1 Å². The van der Waals surface area contributed by atoms with Crippen LogP contribution in [0.3, 0.4) is 0 Å². The molecule has 0 aliphatic heterocycles. The highest BCUT2D eigenvalue weighted by molar-refractivity contribution is 8.00. The number of hydrogen-bond donors (Lipinski definition) is 1. The van der Waals surface area contributed by atoms with Gasteiger partial charge in [-0.15, -0.1) is 11.8 Å². The summed E-state index contributed by atoms with van der Waals surface area (Å²) in [5, 5.41) is 2.64. The molecule has 6 nitrogen and oxygen atoms in total. The number of carbonyl (C=O) groups is 3. The van der Waals surface area contributed by atoms with Gasteiger partial charge in [0.25, 0.3) is 5.91 Å². The van der Waals surface area contributed by atoms with E-state index >= 15 is 0 Å². The summed E-state index contributed by atoms with van der Waals surface area (Å²) in [6, 6.07) is 13.9. The third kappa shape index (κ3) is 6.45. The van der Waals surface area contributed by atoms with Crippen LogP contribution in [0.4, 0.5) is 5.69 Å². The average molecular weight is 387 g/mol. The van der Waals surface area contributed by atoms with Gasteiger partial charge in [0.05, 0.1) is 12.9 Å². The maximum atomic E-state index is 12.2. The van der Waals surface area contributed by atoms with Crippen LogP contribution in [0.25, 0.3) is 0 Å². The molecular formula is C20H21NO5S. The van der Waals surface area contributed by atoms with Crippen molar-refractivity contribution in [2.45, 2.75) is 24.8 Å². The number of anilines is 1. The molecule has 0 fully saturated rings. The number of ketones is 1. The number of benzene rings is 2. The predicted molar refractivity (Wildman–Crippen MR) is 104 cm³/mol. The molecule has 0 unspecified atom stereocenters. The Labute approximate surface area is 162 Å². The van der Waals surface area contributed by atoms with Crippen molar-refractivity contribution < 1.29 is 23.9 Å². The van der Waals surface area contributed by atoms with Crippen LogP contribution < -0.4 is 10.1 Å². The maximum Gasteiger partial charge on any atom is 0.317 e. The molecule has 0 spiro atoms. The Bertz CT molecular complexity index is 819. The monoisotopic (exact) mass is 387 g/mol. The van der Waals surface area contributed by atoms with Gasteiger partial charge in [-0.1, -0.05) is 12.1 Å². The fraction of sp³-hybridized carbons (Fsp3) is 0.250. The normalized spacial score (nSPS) is 11.4. The third-order valence-corrected chi connectivity index (χ3v) is 4.62. The first-order chi connectivity index (χ1) is 12.9. The molecule has 2 rings (SSSR count). The van der Waals surface area contributed by atoms with Crippen LogP contribution in [0.1, 0.15) is 24.2 Å². The van der Waals surface area contributed by atoms with Gasteiger partial charge in [-0.25, -0.2) is 0 Å². The number of thioether (sulfide) groups is 1. The van der Waals surface area contributed by atoms with E-state index in [1.54, 1.807) is 43.5 Å². The van der Waals surface area contributed by atoms with Gasteiger partial charge in [-0.2, -0.15) is 0 Å². The molecule has 0 saturated heterocycles. The van der Waals surface area contributed by atoms with Gasteiger partial charge in [-0.05, 0) is 50.2 Å². The lowest BCUT2D eigenvalue weighted by atomic mass is 10.1. The first-order valence-electron chi connectivity index (χ1n) is 8.27. The minimum absolute atomic E-state index is 0.0871. The number of rotatable bonds is 8. The summed E-state index contributed by atoms with van der Waals surface area (Å²) in [6.45, 7) is 2.95. The van der Waals surface area contributed by atoms with E-state index in [4.69, 9.17) is 9.47 Å². The zero-order valence-corrected chi connectivity index (χ0v) is 16.2. The second kappa shape index (κ2) is 9.78. The Balaban J connectivity index is 1.83. The topological polar surface area (TPSA) is 81.7 Å². The van der Waals surface area contributed by atoms with Crippen molar-refractivity contribution in [1.82, 2.24) is 0 Å². The highest BCUT2D eigenvalue weighted by Gasteiger charge is 2.18. The number of ether oxygens (including phenoxy) is 2. The number of Topliss-reactive ketones (excluding diaryl/α,β-unsaturated/α-hetero) is 1. The van der Waals surface area contributed by atoms with Gasteiger partial charge in [0.2, 0.25) is 0 Å². The molecule has 2 aromatic rings. The molecule has 0 radical (unpaired) electrons. The molecular weight excluding hydrogens is 366 g/mol. The molecule has 7 heteroatoms. The van der Waals surface area contributed by atoms with Crippen molar-refractivity contribution in [3.05, 3.63) is 54.1 Å². The SMILES string of the molecule is COc1ccc(SCC(=O)O[C@H](C)C(=O)Nc2cccc(C(C)=O)c2)cc1. The number of esters is 1. The zero-order valence-electron chi connectivity index (χ0n) is 15.4. The summed E-state index contributed by atoms with van der Waals surface area (Å²) < 4.78 is 10.2. The molecule has 0 aliphatic carbocycles. The van der Waals surface area contributed by atoms with E-state index in [0.29, 0.717) is 11.3 Å². The Morgan fingerprint density at radius 3 is 2.44 bits per heavy atom. The van der Waals surface area contributed by atoms with Gasteiger partial charge in [0.15, 0.2) is 11.9 Å². The van der Waals surface area contributed by atoms with Crippen LogP contribution in [0, 0.1) is 0 Å². The number of carbonyl (C=O) groups excluding carboxylic acids is 3. The molecule has 2 aromatic carbocycles. The van der Waals surface area contributed by atoms with E-state index in [-0.39, 0.29) is 11.5 Å². The summed E-state index contributed by atoms with van der Waals surface area (Å²) in [4.78, 5) is 36.4. The Morgan fingerprint density at radius 2 is 1.81 bits per heavy atom. The Kier molecular flexibility index (Phi) is 7.43. The molecule has 0 aliphatic rings. The summed E-state index contributed by atoms with van der Waals surface area (Å²) in [5.74, 6) is -0.222. The van der Waals surface area contributed by atoms with Crippen LogP contribution in [-0.4, -0.2) is 36.6 Å². The lowest BCUT2D eigenvalue weighted by molar-refractivity contribution is -0.150. The number of hydrogen-bond acceptors (Lipinski definition) is 6. The summed E-state index contributed by atoms with van der Waals surface area (Å²) in [5.41, 5.74) is 0.969. The van der Waals surface area contributed by atoms with E-state index in [1.165, 1.54) is 25.6 Å². The number of amides is 1. The van der Waals surface area contributed by atoms with Crippen LogP contribution in [0.5, 0.6) is 5.75 Å². The van der Waals surface area contributed by atoms with Crippen molar-refractivity contribution in [3.63, 3.8) is 0 Å². The van der Waals surface area contributed by atoms with Crippen LogP contribution in [0.2, 0.25) is 0 Å². The third-order valence-electron chi connectivity index (χ3n) is 3.63. The largest absolute Gasteiger partial charge is 0.497 e. The second-order valence-corrected chi connectivity index (χ2v) is 6.77. The number of nitrogens with one attached hydrogen (secondary N) is 1. The van der Waals surface area contributed by atoms with E-state index in [2.05, 4.69) is 5.32 Å². The molecule has 0 heterocycles. The summed E-state index contributed by atoms with van der Waals surface area (Å²) >= 11 is 1.31. The first-order valence-corrected chi connectivity index (χ1v) is 9.26. The molecule has 1 amide bonds. The lowest BCUT2D eigenvalue weighted by Gasteiger charge is -2.14. The Morgan fingerprint density at radius 1 is 1.11 bits per heavy atom. The van der Waals surface area contributed by atoms with Crippen molar-refractivity contribution in [1.29, 1.82) is 0 Å². The second-order valence-electron chi connectivity index (χ2n) is 5.72. The summed E-state index contributed by atoms with van der Waals surface area (Å²) in [6.07, 6.45) is -0.949. The fourth-order valence-electron chi connectivity index (χ4n) is 2.16. The molecule has 0 saturated carbocycles. The van der Waals surface area contributed by atoms with E-state index in [1.807, 2.05) is 12.1 Å². The molecule has 1 N–H and O–H groups in total. The quantitative estimate of drug-likeness (QED) is 0.424. The van der Waals surface area contributed by atoms with E-state index < -0.39 is 18.0 Å². The number of methoxy groups -OCH3 is 1. The smallest absolute Gasteiger partial charge is 0.317 e. The molecule has 27 heavy (non-hydrogen) atoms. The van der Waals surface area contributed by atoms with E-state index in [0.717, 1.165) is 10.6 Å². The van der Waals surface area contributed by atoms with Gasteiger partial charge in [0.1, 0.15) is 5.75 Å². The van der Waals surface area contributed by atoms with Crippen LogP contribution in [-0.2, 0) is 14.3 Å². The highest BCUT2D eigenvalue weighted by Crippen LogP contribution is 2.21. The van der Waals surface area contributed by atoms with Gasteiger partial charge < -0.3 is 14.8 Å². The van der Waals surface area contributed by atoms with Crippen LogP contribution >= 0.6 is 11.8 Å². The van der Waals surface area contributed by atoms with Crippen LogP contribution in [0.15, 0.2) is 53.4 Å². The minimum atomic E-state index is -0.949. The Hall–Kier alpha value is -2.80. The zero-order chi connectivity index (χ0) is 19.8. The minimum Gasteiger partial charge on any atom is -0.497 e. The standard InChI is InChI=1S/C20H21NO5S/c1-13(22)15-5-4-6-16(11-15)21-20(24)14(2)26-19(23)12-27-18-9-7-17(25-3)8-10-18/h4-11,14H,12H2,1-3H3,(H,21,24)/t14-/m1/s1. The molecule has 1 atom stereocenters. The van der Waals surface area contributed by atoms with Gasteiger partial charge >= 0.3 is 5.97 Å². The van der Waals surface area contributed by atoms with Crippen molar-refractivity contribution in [2.24, 2.45) is 0 Å². The average Bonchev–Trinajstić information content (AvgIpc) is 2.66. The summed E-state index contributed by atoms with van der Waals surface area (Å²) in [7, 11) is 1.59. The lowest BCUT2D eigenvalue weighted by Crippen LogP contribution is -2.30.